The highest BCUT2D eigenvalue weighted by molar-refractivity contribution is 6.00. The number of anilines is 2. The number of aromatic amines is 1. The lowest BCUT2D eigenvalue weighted by Gasteiger charge is -2.06. The number of aryl methyl sites for hydroxylation is 1. The maximum Gasteiger partial charge on any atom is 0.224 e. The van der Waals surface area contributed by atoms with E-state index in [1.54, 1.807) is 6.20 Å². The minimum atomic E-state index is -0.0195. The molecule has 106 valence electrons. The normalized spacial score (nSPS) is 10.7. The lowest BCUT2D eigenvalue weighted by Crippen LogP contribution is -2.12. The highest BCUT2D eigenvalue weighted by Gasteiger charge is 2.07. The molecule has 5 nitrogen and oxygen atoms in total. The Hall–Kier alpha value is -2.82. The zero-order valence-electron chi connectivity index (χ0n) is 11.5. The highest BCUT2D eigenvalue weighted by Crippen LogP contribution is 2.20. The number of para-hydroxylation sites is 1. The molecule has 3 rings (SSSR count). The van der Waals surface area contributed by atoms with Crippen LogP contribution >= 0.6 is 0 Å². The van der Waals surface area contributed by atoms with Crippen molar-refractivity contribution in [2.75, 3.05) is 11.1 Å². The molecule has 21 heavy (non-hydrogen) atoms. The van der Waals surface area contributed by atoms with Crippen LogP contribution in [-0.2, 0) is 11.2 Å². The standard InChI is InChI=1S/C16H16N4O/c17-13-7-4-11(5-8-13)6-9-15(21)19-14-3-1-2-12-10-18-20-16(12)14/h1-5,7-8,10H,6,9,17H2,(H,18,20)(H,19,21). The number of carbonyl (C=O) groups excluding carboxylic acids is 1. The van der Waals surface area contributed by atoms with E-state index in [0.717, 1.165) is 27.8 Å². The number of nitrogens with zero attached hydrogens (tertiary/aromatic N) is 1. The molecule has 0 aliphatic carbocycles. The van der Waals surface area contributed by atoms with Gasteiger partial charge in [0, 0.05) is 17.5 Å². The zero-order valence-corrected chi connectivity index (χ0v) is 11.5. The first-order valence-electron chi connectivity index (χ1n) is 6.79. The average Bonchev–Trinajstić information content (AvgIpc) is 2.96. The Kier molecular flexibility index (Phi) is 3.55. The van der Waals surface area contributed by atoms with Gasteiger partial charge < -0.3 is 11.1 Å². The van der Waals surface area contributed by atoms with Crippen molar-refractivity contribution in [1.82, 2.24) is 10.2 Å². The van der Waals surface area contributed by atoms with Crippen LogP contribution in [0.25, 0.3) is 10.9 Å². The summed E-state index contributed by atoms with van der Waals surface area (Å²) in [7, 11) is 0. The molecule has 0 bridgehead atoms. The summed E-state index contributed by atoms with van der Waals surface area (Å²) in [5, 5.41) is 10.8. The molecule has 0 aliphatic rings. The van der Waals surface area contributed by atoms with Crippen molar-refractivity contribution in [2.45, 2.75) is 12.8 Å². The average molecular weight is 280 g/mol. The molecule has 2 aromatic carbocycles. The van der Waals surface area contributed by atoms with Gasteiger partial charge in [0.1, 0.15) is 0 Å². The molecule has 0 unspecified atom stereocenters. The van der Waals surface area contributed by atoms with E-state index in [-0.39, 0.29) is 5.91 Å². The molecule has 0 saturated heterocycles. The number of amides is 1. The van der Waals surface area contributed by atoms with Gasteiger partial charge >= 0.3 is 0 Å². The Morgan fingerprint density at radius 1 is 1.19 bits per heavy atom. The number of nitrogen functional groups attached to an aromatic ring is 1. The lowest BCUT2D eigenvalue weighted by molar-refractivity contribution is -0.116. The SMILES string of the molecule is Nc1ccc(CCC(=O)Nc2cccc3cn[nH]c23)cc1. The van der Waals surface area contributed by atoms with E-state index in [4.69, 9.17) is 5.73 Å². The summed E-state index contributed by atoms with van der Waals surface area (Å²) in [5.74, 6) is -0.0195. The summed E-state index contributed by atoms with van der Waals surface area (Å²) in [6.07, 6.45) is 2.85. The van der Waals surface area contributed by atoms with Gasteiger partial charge in [-0.1, -0.05) is 24.3 Å². The Morgan fingerprint density at radius 2 is 2.00 bits per heavy atom. The number of hydrogen-bond acceptors (Lipinski definition) is 3. The number of H-pyrrole nitrogens is 1. The fraction of sp³-hybridized carbons (Fsp3) is 0.125. The second-order valence-corrected chi connectivity index (χ2v) is 4.93. The highest BCUT2D eigenvalue weighted by atomic mass is 16.1. The molecule has 0 saturated carbocycles. The van der Waals surface area contributed by atoms with Crippen LogP contribution in [-0.4, -0.2) is 16.1 Å². The Morgan fingerprint density at radius 3 is 2.81 bits per heavy atom. The lowest BCUT2D eigenvalue weighted by atomic mass is 10.1. The molecular weight excluding hydrogens is 264 g/mol. The first-order valence-corrected chi connectivity index (χ1v) is 6.79. The van der Waals surface area contributed by atoms with Crippen molar-refractivity contribution in [3.05, 3.63) is 54.2 Å². The van der Waals surface area contributed by atoms with Crippen LogP contribution in [0.3, 0.4) is 0 Å². The largest absolute Gasteiger partial charge is 0.399 e. The topological polar surface area (TPSA) is 83.8 Å². The molecule has 0 aliphatic heterocycles. The van der Waals surface area contributed by atoms with Gasteiger partial charge in [-0.15, -0.1) is 0 Å². The Bertz CT molecular complexity index is 761. The third-order valence-electron chi connectivity index (χ3n) is 3.37. The van der Waals surface area contributed by atoms with Crippen molar-refractivity contribution in [1.29, 1.82) is 0 Å². The predicted molar refractivity (Wildman–Crippen MR) is 83.9 cm³/mol. The molecule has 4 N–H and O–H groups in total. The Balaban J connectivity index is 1.64. The minimum Gasteiger partial charge on any atom is -0.399 e. The molecule has 1 amide bonds. The summed E-state index contributed by atoms with van der Waals surface area (Å²) in [6.45, 7) is 0. The second kappa shape index (κ2) is 5.66. The van der Waals surface area contributed by atoms with Crippen LogP contribution in [0, 0.1) is 0 Å². The smallest absolute Gasteiger partial charge is 0.224 e. The quantitative estimate of drug-likeness (QED) is 0.642. The van der Waals surface area contributed by atoms with Crippen LogP contribution in [0.4, 0.5) is 11.4 Å². The van der Waals surface area contributed by atoms with Gasteiger partial charge in [0.2, 0.25) is 5.91 Å². The van der Waals surface area contributed by atoms with E-state index in [9.17, 15) is 4.79 Å². The number of carbonyl (C=O) groups is 1. The van der Waals surface area contributed by atoms with Crippen molar-refractivity contribution in [3.8, 4) is 0 Å². The van der Waals surface area contributed by atoms with Crippen molar-refractivity contribution >= 4 is 28.2 Å². The van der Waals surface area contributed by atoms with Crippen molar-refractivity contribution < 1.29 is 4.79 Å². The van der Waals surface area contributed by atoms with E-state index < -0.39 is 0 Å². The summed E-state index contributed by atoms with van der Waals surface area (Å²) >= 11 is 0. The zero-order chi connectivity index (χ0) is 14.7. The molecular formula is C16H16N4O. The van der Waals surface area contributed by atoms with E-state index in [1.807, 2.05) is 42.5 Å². The Labute approximate surface area is 122 Å². The van der Waals surface area contributed by atoms with Crippen molar-refractivity contribution in [2.24, 2.45) is 0 Å². The molecule has 5 heteroatoms. The third-order valence-corrected chi connectivity index (χ3v) is 3.37. The number of benzene rings is 2. The van der Waals surface area contributed by atoms with Crippen LogP contribution in [0.5, 0.6) is 0 Å². The summed E-state index contributed by atoms with van der Waals surface area (Å²) in [5.41, 5.74) is 9.07. The number of rotatable bonds is 4. The minimum absolute atomic E-state index is 0.0195. The molecule has 0 spiro atoms. The maximum absolute atomic E-state index is 12.0. The second-order valence-electron chi connectivity index (χ2n) is 4.93. The molecule has 3 aromatic rings. The molecule has 1 aromatic heterocycles. The van der Waals surface area contributed by atoms with Crippen LogP contribution in [0.1, 0.15) is 12.0 Å². The molecule has 0 fully saturated rings. The van der Waals surface area contributed by atoms with Gasteiger partial charge in [0.15, 0.2) is 0 Å². The number of fused-ring (bicyclic) bond motifs is 1. The predicted octanol–water partition coefficient (Wildman–Crippen LogP) is 2.72. The van der Waals surface area contributed by atoms with Gasteiger partial charge in [0.25, 0.3) is 0 Å². The first-order chi connectivity index (χ1) is 10.2. The first kappa shape index (κ1) is 13.2. The van der Waals surface area contributed by atoms with Crippen LogP contribution < -0.4 is 11.1 Å². The molecule has 1 heterocycles. The van der Waals surface area contributed by atoms with Gasteiger partial charge in [-0.2, -0.15) is 5.10 Å². The van der Waals surface area contributed by atoms with E-state index >= 15 is 0 Å². The maximum atomic E-state index is 12.0. The van der Waals surface area contributed by atoms with Gasteiger partial charge in [-0.25, -0.2) is 0 Å². The van der Waals surface area contributed by atoms with Gasteiger partial charge in [0.05, 0.1) is 17.4 Å². The summed E-state index contributed by atoms with van der Waals surface area (Å²) in [4.78, 5) is 12.0. The number of aromatic nitrogens is 2. The number of hydrogen-bond donors (Lipinski definition) is 3. The van der Waals surface area contributed by atoms with Crippen LogP contribution in [0.2, 0.25) is 0 Å². The van der Waals surface area contributed by atoms with Crippen LogP contribution in [0.15, 0.2) is 48.7 Å². The fourth-order valence-electron chi connectivity index (χ4n) is 2.23. The van der Waals surface area contributed by atoms with E-state index in [1.165, 1.54) is 0 Å². The monoisotopic (exact) mass is 280 g/mol. The van der Waals surface area contributed by atoms with Crippen molar-refractivity contribution in [3.63, 3.8) is 0 Å². The number of nitrogens with one attached hydrogen (secondary N) is 2. The fourth-order valence-corrected chi connectivity index (χ4v) is 2.23. The number of nitrogens with two attached hydrogens (primary N) is 1. The molecule has 0 radical (unpaired) electrons. The summed E-state index contributed by atoms with van der Waals surface area (Å²) < 4.78 is 0. The molecule has 0 atom stereocenters. The third kappa shape index (κ3) is 3.02. The van der Waals surface area contributed by atoms with Gasteiger partial charge in [-0.3, -0.25) is 9.89 Å². The van der Waals surface area contributed by atoms with E-state index in [2.05, 4.69) is 15.5 Å². The van der Waals surface area contributed by atoms with E-state index in [0.29, 0.717) is 12.8 Å². The van der Waals surface area contributed by atoms with Gasteiger partial charge in [-0.05, 0) is 30.2 Å². The summed E-state index contributed by atoms with van der Waals surface area (Å²) in [6, 6.07) is 13.3.